The summed E-state index contributed by atoms with van der Waals surface area (Å²) in [5, 5.41) is 0. The predicted octanol–water partition coefficient (Wildman–Crippen LogP) is 1.20. The van der Waals surface area contributed by atoms with E-state index in [-0.39, 0.29) is 11.6 Å². The van der Waals surface area contributed by atoms with Crippen molar-refractivity contribution in [2.45, 2.75) is 0 Å². The molecule has 1 fully saturated rings. The highest BCUT2D eigenvalue weighted by molar-refractivity contribution is 5.93. The molecule has 0 spiro atoms. The fourth-order valence-electron chi connectivity index (χ4n) is 3.22. The number of aromatic amines is 1. The number of H-pyrrole nitrogens is 1. The van der Waals surface area contributed by atoms with Gasteiger partial charge in [-0.2, -0.15) is 4.98 Å². The van der Waals surface area contributed by atoms with Crippen LogP contribution in [0.5, 0.6) is 5.75 Å². The third kappa shape index (κ3) is 4.08. The van der Waals surface area contributed by atoms with Gasteiger partial charge in [-0.25, -0.2) is 14.8 Å². The summed E-state index contributed by atoms with van der Waals surface area (Å²) in [5.41, 5.74) is 0.839. The molecule has 148 valence electrons. The molecule has 0 unspecified atom stereocenters. The van der Waals surface area contributed by atoms with Crippen LogP contribution in [0.3, 0.4) is 0 Å². The van der Waals surface area contributed by atoms with Crippen molar-refractivity contribution in [3.63, 3.8) is 0 Å². The molecule has 1 aromatic carbocycles. The molecule has 3 heterocycles. The maximum absolute atomic E-state index is 12.9. The van der Waals surface area contributed by atoms with E-state index >= 15 is 0 Å². The molecule has 0 atom stereocenters. The normalized spacial score (nSPS) is 14.0. The van der Waals surface area contributed by atoms with Crippen LogP contribution in [0.2, 0.25) is 0 Å². The summed E-state index contributed by atoms with van der Waals surface area (Å²) in [6.45, 7) is 2.27. The van der Waals surface area contributed by atoms with Crippen LogP contribution in [0, 0.1) is 0 Å². The number of hydrogen-bond donors (Lipinski definition) is 1. The standard InChI is InChI=1S/C20H20N6O3/c1-29-15-5-3-14(4-6-15)16-13-17(24-20(28)23-16)18(27)25-9-11-26(12-10-25)19-21-7-2-8-22-19/h2-8,13H,9-12H2,1H3,(H,23,24,28). The topological polar surface area (TPSA) is 104 Å². The molecule has 1 aliphatic rings. The van der Waals surface area contributed by atoms with Crippen molar-refractivity contribution in [3.8, 4) is 17.0 Å². The molecule has 29 heavy (non-hydrogen) atoms. The minimum absolute atomic E-state index is 0.222. The predicted molar refractivity (Wildman–Crippen MR) is 107 cm³/mol. The zero-order valence-electron chi connectivity index (χ0n) is 15.9. The molecule has 0 bridgehead atoms. The molecule has 9 nitrogen and oxygen atoms in total. The van der Waals surface area contributed by atoms with Gasteiger partial charge in [-0.1, -0.05) is 0 Å². The average Bonchev–Trinajstić information content (AvgIpc) is 2.79. The van der Waals surface area contributed by atoms with Crippen LogP contribution in [-0.4, -0.2) is 64.0 Å². The Morgan fingerprint density at radius 1 is 1.07 bits per heavy atom. The van der Waals surface area contributed by atoms with Crippen LogP contribution < -0.4 is 15.3 Å². The van der Waals surface area contributed by atoms with E-state index in [4.69, 9.17) is 4.74 Å². The van der Waals surface area contributed by atoms with Crippen molar-refractivity contribution in [3.05, 3.63) is 65.0 Å². The van der Waals surface area contributed by atoms with E-state index in [1.54, 1.807) is 60.8 Å². The number of benzene rings is 1. The number of hydrogen-bond acceptors (Lipinski definition) is 7. The molecule has 1 amide bonds. The van der Waals surface area contributed by atoms with Crippen molar-refractivity contribution in [2.24, 2.45) is 0 Å². The van der Waals surface area contributed by atoms with Gasteiger partial charge in [-0.3, -0.25) is 4.79 Å². The van der Waals surface area contributed by atoms with Gasteiger partial charge in [-0.15, -0.1) is 0 Å². The number of ether oxygens (including phenoxy) is 1. The first-order valence-corrected chi connectivity index (χ1v) is 9.21. The van der Waals surface area contributed by atoms with Gasteiger partial charge in [0.1, 0.15) is 11.4 Å². The lowest BCUT2D eigenvalue weighted by Crippen LogP contribution is -2.49. The van der Waals surface area contributed by atoms with Crippen LogP contribution in [0.1, 0.15) is 10.5 Å². The number of piperazine rings is 1. The smallest absolute Gasteiger partial charge is 0.346 e. The Hall–Kier alpha value is -3.75. The zero-order valence-corrected chi connectivity index (χ0v) is 15.9. The Kier molecular flexibility index (Phi) is 5.19. The molecular weight excluding hydrogens is 372 g/mol. The van der Waals surface area contributed by atoms with E-state index in [1.165, 1.54) is 0 Å². The largest absolute Gasteiger partial charge is 0.497 e. The maximum atomic E-state index is 12.9. The number of anilines is 1. The van der Waals surface area contributed by atoms with Gasteiger partial charge >= 0.3 is 5.69 Å². The number of rotatable bonds is 4. The molecule has 0 aliphatic carbocycles. The lowest BCUT2D eigenvalue weighted by Gasteiger charge is -2.34. The summed E-state index contributed by atoms with van der Waals surface area (Å²) >= 11 is 0. The lowest BCUT2D eigenvalue weighted by molar-refractivity contribution is 0.0740. The van der Waals surface area contributed by atoms with Gasteiger partial charge in [0.05, 0.1) is 12.8 Å². The third-order valence-corrected chi connectivity index (χ3v) is 4.76. The Morgan fingerprint density at radius 2 is 1.76 bits per heavy atom. The molecule has 1 saturated heterocycles. The van der Waals surface area contributed by atoms with E-state index in [2.05, 4.69) is 19.9 Å². The van der Waals surface area contributed by atoms with Crippen LogP contribution in [0.15, 0.2) is 53.6 Å². The molecule has 2 aromatic heterocycles. The van der Waals surface area contributed by atoms with Crippen molar-refractivity contribution < 1.29 is 9.53 Å². The number of amides is 1. The Labute approximate surface area is 167 Å². The lowest BCUT2D eigenvalue weighted by atomic mass is 10.1. The van der Waals surface area contributed by atoms with Crippen LogP contribution in [0.4, 0.5) is 5.95 Å². The van der Waals surface area contributed by atoms with Gasteiger partial charge in [0.25, 0.3) is 5.91 Å². The Bertz CT molecular complexity index is 1040. The van der Waals surface area contributed by atoms with Gasteiger partial charge in [0, 0.05) is 44.1 Å². The van der Waals surface area contributed by atoms with Gasteiger partial charge < -0.3 is 19.5 Å². The first-order chi connectivity index (χ1) is 14.1. The van der Waals surface area contributed by atoms with E-state index < -0.39 is 5.69 Å². The van der Waals surface area contributed by atoms with E-state index in [9.17, 15) is 9.59 Å². The molecule has 0 saturated carbocycles. The molecule has 0 radical (unpaired) electrons. The monoisotopic (exact) mass is 392 g/mol. The van der Waals surface area contributed by atoms with Gasteiger partial charge in [0.2, 0.25) is 5.95 Å². The second-order valence-electron chi connectivity index (χ2n) is 6.54. The zero-order chi connectivity index (χ0) is 20.2. The fraction of sp³-hybridized carbons (Fsp3) is 0.250. The number of nitrogens with one attached hydrogen (secondary N) is 1. The summed E-state index contributed by atoms with van der Waals surface area (Å²) in [6, 6.07) is 10.5. The number of methoxy groups -OCH3 is 1. The van der Waals surface area contributed by atoms with E-state index in [0.717, 1.165) is 5.56 Å². The minimum atomic E-state index is -0.557. The summed E-state index contributed by atoms with van der Waals surface area (Å²) in [5.74, 6) is 1.13. The second-order valence-corrected chi connectivity index (χ2v) is 6.54. The van der Waals surface area contributed by atoms with Gasteiger partial charge in [-0.05, 0) is 36.4 Å². The van der Waals surface area contributed by atoms with E-state index in [1.807, 2.05) is 4.90 Å². The highest BCUT2D eigenvalue weighted by Gasteiger charge is 2.24. The minimum Gasteiger partial charge on any atom is -0.497 e. The van der Waals surface area contributed by atoms with Crippen molar-refractivity contribution in [1.82, 2.24) is 24.8 Å². The van der Waals surface area contributed by atoms with Crippen LogP contribution in [0.25, 0.3) is 11.3 Å². The van der Waals surface area contributed by atoms with Crippen molar-refractivity contribution in [2.75, 3.05) is 38.2 Å². The van der Waals surface area contributed by atoms with Crippen molar-refractivity contribution >= 4 is 11.9 Å². The number of carbonyl (C=O) groups is 1. The SMILES string of the molecule is COc1ccc(-c2cc(C(=O)N3CCN(c4ncccn4)CC3)[nH]c(=O)n2)cc1. The van der Waals surface area contributed by atoms with Crippen LogP contribution >= 0.6 is 0 Å². The third-order valence-electron chi connectivity index (χ3n) is 4.76. The number of aromatic nitrogens is 4. The molecule has 1 N–H and O–H groups in total. The van der Waals surface area contributed by atoms with Gasteiger partial charge in [0.15, 0.2) is 0 Å². The number of carbonyl (C=O) groups excluding carboxylic acids is 1. The maximum Gasteiger partial charge on any atom is 0.346 e. The highest BCUT2D eigenvalue weighted by Crippen LogP contribution is 2.20. The summed E-state index contributed by atoms with van der Waals surface area (Å²) in [6.07, 6.45) is 3.39. The molecule has 9 heteroatoms. The van der Waals surface area contributed by atoms with Crippen molar-refractivity contribution in [1.29, 1.82) is 0 Å². The quantitative estimate of drug-likeness (QED) is 0.711. The Balaban J connectivity index is 1.50. The highest BCUT2D eigenvalue weighted by atomic mass is 16.5. The molecule has 1 aliphatic heterocycles. The second kappa shape index (κ2) is 8.09. The summed E-state index contributed by atoms with van der Waals surface area (Å²) in [7, 11) is 1.58. The summed E-state index contributed by atoms with van der Waals surface area (Å²) in [4.78, 5) is 43.8. The molecule has 4 rings (SSSR count). The molecule has 3 aromatic rings. The first-order valence-electron chi connectivity index (χ1n) is 9.21. The fourth-order valence-corrected chi connectivity index (χ4v) is 3.22. The van der Waals surface area contributed by atoms with E-state index in [0.29, 0.717) is 43.6 Å². The molecular formula is C20H20N6O3. The Morgan fingerprint density at radius 3 is 2.41 bits per heavy atom. The summed E-state index contributed by atoms with van der Waals surface area (Å²) < 4.78 is 5.15. The first kappa shape index (κ1) is 18.6. The average molecular weight is 392 g/mol. The number of nitrogens with zero attached hydrogens (tertiary/aromatic N) is 5. The van der Waals surface area contributed by atoms with Crippen LogP contribution in [-0.2, 0) is 0 Å².